The number of benzene rings is 9. The number of rotatable bonds is 5. The summed E-state index contributed by atoms with van der Waals surface area (Å²) in [6, 6.07) is 65.8. The van der Waals surface area contributed by atoms with E-state index < -0.39 is 0 Å². The molecule has 0 fully saturated rings. The van der Waals surface area contributed by atoms with Gasteiger partial charge in [0.2, 0.25) is 0 Å². The lowest BCUT2D eigenvalue weighted by Crippen LogP contribution is -2.01. The molecule has 0 radical (unpaired) electrons. The van der Waals surface area contributed by atoms with Gasteiger partial charge in [0.1, 0.15) is 11.2 Å². The number of fused-ring (bicyclic) bond motifs is 9. The molecule has 9 aromatic carbocycles. The van der Waals surface area contributed by atoms with Crippen LogP contribution in [0.5, 0.6) is 0 Å². The molecule has 11 aromatic rings. The van der Waals surface area contributed by atoms with Gasteiger partial charge in [-0.15, -0.1) is 0 Å². The molecular weight excluding hydrogens is 671 g/mol. The van der Waals surface area contributed by atoms with Gasteiger partial charge in [-0.25, -0.2) is 15.0 Å². The third kappa shape index (κ3) is 5.26. The van der Waals surface area contributed by atoms with Gasteiger partial charge in [0.15, 0.2) is 17.5 Å². The molecule has 55 heavy (non-hydrogen) atoms. The van der Waals surface area contributed by atoms with E-state index in [0.29, 0.717) is 17.5 Å². The monoisotopic (exact) mass is 701 g/mol. The fraction of sp³-hybridized carbons (Fsp3) is 0. The number of furan rings is 1. The highest BCUT2D eigenvalue weighted by atomic mass is 16.3. The largest absolute Gasteiger partial charge is 0.456 e. The molecule has 11 rings (SSSR count). The van der Waals surface area contributed by atoms with E-state index in [1.165, 1.54) is 37.7 Å². The molecule has 2 aromatic heterocycles. The zero-order chi connectivity index (χ0) is 36.3. The average molecular weight is 702 g/mol. The number of hydrogen-bond acceptors (Lipinski definition) is 4. The number of aromatic nitrogens is 3. The highest BCUT2D eigenvalue weighted by molar-refractivity contribution is 6.31. The van der Waals surface area contributed by atoms with Gasteiger partial charge in [0.25, 0.3) is 0 Å². The molecule has 256 valence electrons. The Kier molecular flexibility index (Phi) is 7.14. The predicted molar refractivity (Wildman–Crippen MR) is 227 cm³/mol. The summed E-state index contributed by atoms with van der Waals surface area (Å²) in [5.74, 6) is 1.93. The summed E-state index contributed by atoms with van der Waals surface area (Å²) in [5.41, 5.74) is 9.12. The lowest BCUT2D eigenvalue weighted by Gasteiger charge is -2.13. The first-order chi connectivity index (χ1) is 27.2. The Hall–Kier alpha value is -7.43. The van der Waals surface area contributed by atoms with Crippen molar-refractivity contribution in [2.75, 3.05) is 0 Å². The molecule has 0 bridgehead atoms. The standard InChI is InChI=1S/C51H31N3O/c1-3-12-34(13-4-1)49-52-50(35-14-5-2-6-15-35)54-51(53-49)42-19-8-7-18-40(42)38-17-11-16-36(30-38)37-26-28-41-39(31-37)25-24-32-22-23-33-27-29-45-48(47(33)46(32)41)43-20-9-10-21-44(43)55-45/h1-31H. The highest BCUT2D eigenvalue weighted by Gasteiger charge is 2.17. The molecule has 4 heteroatoms. The molecule has 0 N–H and O–H groups in total. The minimum absolute atomic E-state index is 0.637. The normalized spacial score (nSPS) is 11.6. The highest BCUT2D eigenvalue weighted by Crippen LogP contribution is 2.42. The molecule has 0 saturated carbocycles. The van der Waals surface area contributed by atoms with Crippen LogP contribution in [0.3, 0.4) is 0 Å². The zero-order valence-corrected chi connectivity index (χ0v) is 29.6. The van der Waals surface area contributed by atoms with E-state index in [0.717, 1.165) is 55.5 Å². The van der Waals surface area contributed by atoms with Gasteiger partial charge >= 0.3 is 0 Å². The molecule has 0 spiro atoms. The Bertz CT molecular complexity index is 3200. The Balaban J connectivity index is 1.05. The van der Waals surface area contributed by atoms with Crippen molar-refractivity contribution in [3.8, 4) is 56.4 Å². The first-order valence-electron chi connectivity index (χ1n) is 18.5. The third-order valence-corrected chi connectivity index (χ3v) is 10.7. The van der Waals surface area contributed by atoms with Gasteiger partial charge in [-0.3, -0.25) is 0 Å². The smallest absolute Gasteiger partial charge is 0.164 e. The fourth-order valence-corrected chi connectivity index (χ4v) is 8.09. The maximum absolute atomic E-state index is 6.32. The second-order valence-corrected chi connectivity index (χ2v) is 14.0. The first-order valence-corrected chi connectivity index (χ1v) is 18.5. The van der Waals surface area contributed by atoms with E-state index in [-0.39, 0.29) is 0 Å². The van der Waals surface area contributed by atoms with Gasteiger partial charge in [0, 0.05) is 32.8 Å². The fourth-order valence-electron chi connectivity index (χ4n) is 8.09. The molecule has 0 aliphatic rings. The third-order valence-electron chi connectivity index (χ3n) is 10.7. The van der Waals surface area contributed by atoms with E-state index in [9.17, 15) is 0 Å². The van der Waals surface area contributed by atoms with Gasteiger partial charge in [-0.1, -0.05) is 164 Å². The minimum atomic E-state index is 0.637. The Morgan fingerprint density at radius 2 is 0.855 bits per heavy atom. The van der Waals surface area contributed by atoms with Crippen LogP contribution in [0.4, 0.5) is 0 Å². The van der Waals surface area contributed by atoms with Gasteiger partial charge < -0.3 is 4.42 Å². The summed E-state index contributed by atoms with van der Waals surface area (Å²) in [5, 5.41) is 9.65. The van der Waals surface area contributed by atoms with Crippen molar-refractivity contribution in [2.24, 2.45) is 0 Å². The van der Waals surface area contributed by atoms with E-state index in [2.05, 4.69) is 115 Å². The lowest BCUT2D eigenvalue weighted by atomic mass is 9.91. The molecule has 4 nitrogen and oxygen atoms in total. The summed E-state index contributed by atoms with van der Waals surface area (Å²) in [4.78, 5) is 15.0. The van der Waals surface area contributed by atoms with Crippen LogP contribution in [-0.4, -0.2) is 15.0 Å². The lowest BCUT2D eigenvalue weighted by molar-refractivity contribution is 0.669. The first kappa shape index (κ1) is 31.1. The summed E-state index contributed by atoms with van der Waals surface area (Å²) < 4.78 is 6.32. The topological polar surface area (TPSA) is 51.8 Å². The quantitative estimate of drug-likeness (QED) is 0.168. The van der Waals surface area contributed by atoms with Crippen LogP contribution in [0.2, 0.25) is 0 Å². The predicted octanol–water partition coefficient (Wildman–Crippen LogP) is 13.6. The van der Waals surface area contributed by atoms with Crippen molar-refractivity contribution in [1.82, 2.24) is 15.0 Å². The summed E-state index contributed by atoms with van der Waals surface area (Å²) >= 11 is 0. The molecule has 2 heterocycles. The molecule has 0 aliphatic carbocycles. The van der Waals surface area contributed by atoms with Crippen molar-refractivity contribution in [3.05, 3.63) is 188 Å². The van der Waals surface area contributed by atoms with Crippen molar-refractivity contribution in [1.29, 1.82) is 0 Å². The van der Waals surface area contributed by atoms with Crippen molar-refractivity contribution in [2.45, 2.75) is 0 Å². The molecule has 0 amide bonds. The summed E-state index contributed by atoms with van der Waals surface area (Å²) in [6.07, 6.45) is 0. The molecule has 0 unspecified atom stereocenters. The SMILES string of the molecule is c1ccc(-c2nc(-c3ccccc3)nc(-c3ccccc3-c3cccc(-c4ccc5c(ccc6ccc7ccc8oc9ccccc9c8c7c65)c4)c3)n2)cc1. The average Bonchev–Trinajstić information content (AvgIpc) is 3.65. The zero-order valence-electron chi connectivity index (χ0n) is 29.6. The van der Waals surface area contributed by atoms with Gasteiger partial charge in [-0.05, 0) is 73.5 Å². The molecule has 0 atom stereocenters. The summed E-state index contributed by atoms with van der Waals surface area (Å²) in [6.45, 7) is 0. The number of hydrogen-bond donors (Lipinski definition) is 0. The van der Waals surface area contributed by atoms with E-state index in [4.69, 9.17) is 19.4 Å². The maximum atomic E-state index is 6.32. The molecular formula is C51H31N3O. The van der Waals surface area contributed by atoms with Crippen LogP contribution in [-0.2, 0) is 0 Å². The Morgan fingerprint density at radius 1 is 0.291 bits per heavy atom. The van der Waals surface area contributed by atoms with Gasteiger partial charge in [0.05, 0.1) is 0 Å². The molecule has 0 aliphatic heterocycles. The summed E-state index contributed by atoms with van der Waals surface area (Å²) in [7, 11) is 0. The van der Waals surface area contributed by atoms with E-state index in [1.54, 1.807) is 0 Å². The van der Waals surface area contributed by atoms with Crippen LogP contribution in [0.25, 0.3) is 111 Å². The van der Waals surface area contributed by atoms with Crippen LogP contribution in [0, 0.1) is 0 Å². The van der Waals surface area contributed by atoms with Crippen molar-refractivity contribution in [3.63, 3.8) is 0 Å². The van der Waals surface area contributed by atoms with E-state index >= 15 is 0 Å². The second kappa shape index (κ2) is 12.6. The number of nitrogens with zero attached hydrogens (tertiary/aromatic N) is 3. The second-order valence-electron chi connectivity index (χ2n) is 14.0. The van der Waals surface area contributed by atoms with Crippen molar-refractivity contribution < 1.29 is 4.42 Å². The Morgan fingerprint density at radius 3 is 1.62 bits per heavy atom. The number of para-hydroxylation sites is 1. The van der Waals surface area contributed by atoms with E-state index in [1.807, 2.05) is 72.8 Å². The maximum Gasteiger partial charge on any atom is 0.164 e. The van der Waals surface area contributed by atoms with Crippen LogP contribution >= 0.6 is 0 Å². The van der Waals surface area contributed by atoms with Crippen LogP contribution < -0.4 is 0 Å². The van der Waals surface area contributed by atoms with Crippen molar-refractivity contribution >= 4 is 54.3 Å². The minimum Gasteiger partial charge on any atom is -0.456 e. The molecule has 0 saturated heterocycles. The van der Waals surface area contributed by atoms with Crippen LogP contribution in [0.15, 0.2) is 192 Å². The van der Waals surface area contributed by atoms with Gasteiger partial charge in [-0.2, -0.15) is 0 Å². The van der Waals surface area contributed by atoms with Crippen LogP contribution in [0.1, 0.15) is 0 Å². The Labute approximate surface area is 317 Å².